The first kappa shape index (κ1) is 15.2. The molecule has 1 aromatic carbocycles. The van der Waals surface area contributed by atoms with Crippen molar-refractivity contribution >= 4 is 16.0 Å². The highest BCUT2D eigenvalue weighted by Gasteiger charge is 2.25. The fraction of sp³-hybridized carbons (Fsp3) is 0.231. The van der Waals surface area contributed by atoms with Crippen molar-refractivity contribution in [1.82, 2.24) is 14.3 Å². The lowest BCUT2D eigenvalue weighted by Gasteiger charge is -2.18. The molecule has 1 atom stereocenters. The SMILES string of the molecule is Cn1ccnc1C(NS(=O)(=O)CC(=O)O)c1ccccc1. The van der Waals surface area contributed by atoms with Crippen LogP contribution in [0.4, 0.5) is 0 Å². The molecule has 2 aromatic rings. The summed E-state index contributed by atoms with van der Waals surface area (Å²) in [6.07, 6.45) is 3.24. The number of sulfonamides is 1. The van der Waals surface area contributed by atoms with Crippen molar-refractivity contribution in [3.05, 3.63) is 54.1 Å². The van der Waals surface area contributed by atoms with Crippen LogP contribution in [0.15, 0.2) is 42.7 Å². The van der Waals surface area contributed by atoms with E-state index in [1.807, 2.05) is 6.07 Å². The molecule has 1 unspecified atom stereocenters. The van der Waals surface area contributed by atoms with E-state index < -0.39 is 27.8 Å². The summed E-state index contributed by atoms with van der Waals surface area (Å²) in [5.41, 5.74) is 0.681. The first-order valence-corrected chi connectivity index (χ1v) is 7.78. The molecular formula is C13H15N3O4S. The lowest BCUT2D eigenvalue weighted by molar-refractivity contribution is -0.134. The summed E-state index contributed by atoms with van der Waals surface area (Å²) < 4.78 is 27.9. The average molecular weight is 309 g/mol. The summed E-state index contributed by atoms with van der Waals surface area (Å²) in [5, 5.41) is 8.68. The Morgan fingerprint density at radius 1 is 1.38 bits per heavy atom. The van der Waals surface area contributed by atoms with Gasteiger partial charge in [0, 0.05) is 19.4 Å². The van der Waals surface area contributed by atoms with E-state index in [4.69, 9.17) is 5.11 Å². The molecule has 7 nitrogen and oxygen atoms in total. The minimum atomic E-state index is -3.97. The molecule has 0 aliphatic carbocycles. The minimum absolute atomic E-state index is 0.482. The Hall–Kier alpha value is -2.19. The third-order valence-corrected chi connectivity index (χ3v) is 4.08. The maximum atomic E-state index is 11.9. The second-order valence-electron chi connectivity index (χ2n) is 4.51. The van der Waals surface area contributed by atoms with Crippen LogP contribution in [-0.4, -0.2) is 34.8 Å². The van der Waals surface area contributed by atoms with Gasteiger partial charge in [-0.1, -0.05) is 30.3 Å². The number of carboxylic acids is 1. The van der Waals surface area contributed by atoms with Gasteiger partial charge in [-0.05, 0) is 5.56 Å². The molecule has 1 heterocycles. The first-order chi connectivity index (χ1) is 9.89. The Balaban J connectivity index is 2.39. The number of rotatable bonds is 6. The zero-order chi connectivity index (χ0) is 15.5. The summed E-state index contributed by atoms with van der Waals surface area (Å²) in [7, 11) is -2.23. The molecule has 2 N–H and O–H groups in total. The van der Waals surface area contributed by atoms with Crippen LogP contribution in [0, 0.1) is 0 Å². The molecule has 0 aliphatic rings. The van der Waals surface area contributed by atoms with E-state index in [-0.39, 0.29) is 0 Å². The van der Waals surface area contributed by atoms with Gasteiger partial charge in [-0.3, -0.25) is 4.79 Å². The number of hydrogen-bond donors (Lipinski definition) is 2. The van der Waals surface area contributed by atoms with E-state index >= 15 is 0 Å². The molecule has 0 spiro atoms. The maximum absolute atomic E-state index is 11.9. The third-order valence-electron chi connectivity index (χ3n) is 2.86. The molecule has 0 saturated heterocycles. The van der Waals surface area contributed by atoms with E-state index in [2.05, 4.69) is 9.71 Å². The van der Waals surface area contributed by atoms with Gasteiger partial charge < -0.3 is 9.67 Å². The van der Waals surface area contributed by atoms with Gasteiger partial charge in [0.05, 0.1) is 0 Å². The highest BCUT2D eigenvalue weighted by atomic mass is 32.2. The predicted molar refractivity (Wildman–Crippen MR) is 76.1 cm³/mol. The zero-order valence-electron chi connectivity index (χ0n) is 11.3. The second kappa shape index (κ2) is 6.06. The van der Waals surface area contributed by atoms with Gasteiger partial charge in [0.2, 0.25) is 10.0 Å². The fourth-order valence-corrected chi connectivity index (χ4v) is 2.96. The van der Waals surface area contributed by atoms with Gasteiger partial charge in [0.15, 0.2) is 5.75 Å². The van der Waals surface area contributed by atoms with E-state index in [1.165, 1.54) is 0 Å². The number of imidazole rings is 1. The standard InChI is InChI=1S/C13H15N3O4S/c1-16-8-7-14-13(16)12(10-5-3-2-4-6-10)15-21(19,20)9-11(17)18/h2-8,12,15H,9H2,1H3,(H,17,18). The summed E-state index contributed by atoms with van der Waals surface area (Å²) in [4.78, 5) is 14.8. The van der Waals surface area contributed by atoms with Crippen LogP contribution in [0.3, 0.4) is 0 Å². The Morgan fingerprint density at radius 2 is 2.05 bits per heavy atom. The van der Waals surface area contributed by atoms with Crippen molar-refractivity contribution in [3.63, 3.8) is 0 Å². The molecule has 0 radical (unpaired) electrons. The molecular weight excluding hydrogens is 294 g/mol. The number of aromatic nitrogens is 2. The fourth-order valence-electron chi connectivity index (χ4n) is 1.95. The van der Waals surface area contributed by atoms with E-state index in [0.29, 0.717) is 11.4 Å². The number of carboxylic acid groups (broad SMARTS) is 1. The smallest absolute Gasteiger partial charge is 0.320 e. The molecule has 0 aliphatic heterocycles. The molecule has 0 fully saturated rings. The molecule has 0 amide bonds. The monoisotopic (exact) mass is 309 g/mol. The molecule has 0 saturated carbocycles. The minimum Gasteiger partial charge on any atom is -0.480 e. The van der Waals surface area contributed by atoms with Crippen molar-refractivity contribution in [2.45, 2.75) is 6.04 Å². The van der Waals surface area contributed by atoms with Crippen LogP contribution in [0.1, 0.15) is 17.4 Å². The summed E-state index contributed by atoms with van der Waals surface area (Å²) in [5.74, 6) is -1.91. The number of hydrogen-bond acceptors (Lipinski definition) is 4. The van der Waals surface area contributed by atoms with Gasteiger partial charge in [0.25, 0.3) is 0 Å². The van der Waals surface area contributed by atoms with Crippen molar-refractivity contribution < 1.29 is 18.3 Å². The number of carbonyl (C=O) groups is 1. The van der Waals surface area contributed by atoms with Crippen molar-refractivity contribution in [1.29, 1.82) is 0 Å². The van der Waals surface area contributed by atoms with Crippen molar-refractivity contribution in [3.8, 4) is 0 Å². The number of aliphatic carboxylic acids is 1. The predicted octanol–water partition coefficient (Wildman–Crippen LogP) is 0.514. The van der Waals surface area contributed by atoms with E-state index in [9.17, 15) is 13.2 Å². The van der Waals surface area contributed by atoms with Crippen LogP contribution in [-0.2, 0) is 21.9 Å². The van der Waals surface area contributed by atoms with Crippen molar-refractivity contribution in [2.24, 2.45) is 7.05 Å². The van der Waals surface area contributed by atoms with E-state index in [1.54, 1.807) is 48.3 Å². The zero-order valence-corrected chi connectivity index (χ0v) is 12.1. The van der Waals surface area contributed by atoms with Gasteiger partial charge in [-0.25, -0.2) is 13.4 Å². The van der Waals surface area contributed by atoms with Gasteiger partial charge in [-0.15, -0.1) is 0 Å². The largest absolute Gasteiger partial charge is 0.480 e. The van der Waals surface area contributed by atoms with Gasteiger partial charge in [-0.2, -0.15) is 4.72 Å². The van der Waals surface area contributed by atoms with Crippen molar-refractivity contribution in [2.75, 3.05) is 5.75 Å². The van der Waals surface area contributed by atoms with E-state index in [0.717, 1.165) is 0 Å². The Bertz CT molecular complexity index is 725. The van der Waals surface area contributed by atoms with Gasteiger partial charge >= 0.3 is 5.97 Å². The van der Waals surface area contributed by atoms with Crippen LogP contribution in [0.5, 0.6) is 0 Å². The molecule has 21 heavy (non-hydrogen) atoms. The Morgan fingerprint density at radius 3 is 2.57 bits per heavy atom. The molecule has 1 aromatic heterocycles. The molecule has 8 heteroatoms. The highest BCUT2D eigenvalue weighted by molar-refractivity contribution is 7.90. The number of benzene rings is 1. The van der Waals surface area contributed by atoms with Crippen LogP contribution >= 0.6 is 0 Å². The molecule has 2 rings (SSSR count). The lowest BCUT2D eigenvalue weighted by atomic mass is 10.1. The summed E-state index contributed by atoms with van der Waals surface area (Å²) in [6.45, 7) is 0. The highest BCUT2D eigenvalue weighted by Crippen LogP contribution is 2.21. The second-order valence-corrected chi connectivity index (χ2v) is 6.26. The van der Waals surface area contributed by atoms with Gasteiger partial charge in [0.1, 0.15) is 11.9 Å². The Labute approximate surface area is 122 Å². The topological polar surface area (TPSA) is 101 Å². The average Bonchev–Trinajstić information content (AvgIpc) is 2.82. The maximum Gasteiger partial charge on any atom is 0.320 e. The summed E-state index contributed by atoms with van der Waals surface area (Å²) in [6, 6.07) is 8.12. The van der Waals surface area contributed by atoms with Crippen LogP contribution in [0.25, 0.3) is 0 Å². The van der Waals surface area contributed by atoms with Crippen LogP contribution < -0.4 is 4.72 Å². The lowest BCUT2D eigenvalue weighted by Crippen LogP contribution is -2.35. The normalized spacial score (nSPS) is 13.0. The molecule has 0 bridgehead atoms. The number of nitrogens with zero attached hydrogens (tertiary/aromatic N) is 2. The summed E-state index contributed by atoms with van der Waals surface area (Å²) >= 11 is 0. The number of aryl methyl sites for hydroxylation is 1. The van der Waals surface area contributed by atoms with Crippen LogP contribution in [0.2, 0.25) is 0 Å². The quantitative estimate of drug-likeness (QED) is 0.810. The number of nitrogens with one attached hydrogen (secondary N) is 1. The Kier molecular flexibility index (Phi) is 4.39. The molecule has 112 valence electrons. The first-order valence-electron chi connectivity index (χ1n) is 6.13. The third kappa shape index (κ3) is 3.89.